The second kappa shape index (κ2) is 10.2. The Balaban J connectivity index is 1.27. The number of hydrogen-bond acceptors (Lipinski definition) is 7. The van der Waals surface area contributed by atoms with Crippen LogP contribution in [0.15, 0.2) is 57.9 Å². The molecule has 0 spiro atoms. The molecular formula is C24H28N4O3S. The Hall–Kier alpha value is -2.84. The number of aromatic nitrogens is 2. The molecule has 0 bridgehead atoms. The molecule has 1 atom stereocenters. The van der Waals surface area contributed by atoms with Crippen LogP contribution >= 0.6 is 11.8 Å². The third-order valence-corrected chi connectivity index (χ3v) is 6.72. The maximum absolute atomic E-state index is 12.9. The molecule has 0 saturated carbocycles. The number of thioether (sulfide) groups is 1. The number of ether oxygens (including phenoxy) is 1. The molecule has 8 heteroatoms. The second-order valence-corrected chi connectivity index (χ2v) is 9.28. The number of carbonyl (C=O) groups excluding carboxylic acids is 1. The summed E-state index contributed by atoms with van der Waals surface area (Å²) in [5, 5.41) is 4.01. The van der Waals surface area contributed by atoms with Crippen LogP contribution in [0.25, 0.3) is 11.4 Å². The van der Waals surface area contributed by atoms with E-state index in [9.17, 15) is 4.79 Å². The standard InChI is InChI=1S/C24H28N4O3S/c1-17-6-4-5-7-21(17)23-25-22(31-26-23)16-27-12-14-28(15-13-27)24(29)18(2)32-20-10-8-19(30-3)9-11-20/h4-11,18H,12-16H2,1-3H3. The first-order chi connectivity index (χ1) is 15.5. The lowest BCUT2D eigenvalue weighted by Crippen LogP contribution is -2.50. The van der Waals surface area contributed by atoms with E-state index >= 15 is 0 Å². The Labute approximate surface area is 192 Å². The summed E-state index contributed by atoms with van der Waals surface area (Å²) in [6, 6.07) is 15.8. The predicted molar refractivity (Wildman–Crippen MR) is 125 cm³/mol. The number of rotatable bonds is 7. The molecule has 0 aliphatic carbocycles. The summed E-state index contributed by atoms with van der Waals surface area (Å²) in [4.78, 5) is 22.7. The zero-order valence-electron chi connectivity index (χ0n) is 18.7. The van der Waals surface area contributed by atoms with E-state index in [4.69, 9.17) is 9.26 Å². The quantitative estimate of drug-likeness (QED) is 0.504. The van der Waals surface area contributed by atoms with Crippen LogP contribution in [0, 0.1) is 6.92 Å². The zero-order valence-corrected chi connectivity index (χ0v) is 19.5. The highest BCUT2D eigenvalue weighted by Crippen LogP contribution is 2.27. The first-order valence-electron chi connectivity index (χ1n) is 10.7. The van der Waals surface area contributed by atoms with Crippen molar-refractivity contribution in [3.63, 3.8) is 0 Å². The summed E-state index contributed by atoms with van der Waals surface area (Å²) < 4.78 is 10.7. The number of amides is 1. The molecule has 1 aliphatic heterocycles. The third kappa shape index (κ3) is 5.31. The molecule has 0 radical (unpaired) electrons. The van der Waals surface area contributed by atoms with E-state index in [0.717, 1.165) is 34.9 Å². The summed E-state index contributed by atoms with van der Waals surface area (Å²) in [7, 11) is 1.65. The minimum atomic E-state index is -0.137. The first kappa shape index (κ1) is 22.4. The van der Waals surface area contributed by atoms with Crippen molar-refractivity contribution < 1.29 is 14.1 Å². The number of benzene rings is 2. The topological polar surface area (TPSA) is 71.7 Å². The molecule has 1 amide bonds. The van der Waals surface area contributed by atoms with Gasteiger partial charge in [0.25, 0.3) is 0 Å². The monoisotopic (exact) mass is 452 g/mol. The number of nitrogens with zero attached hydrogens (tertiary/aromatic N) is 4. The van der Waals surface area contributed by atoms with Gasteiger partial charge in [-0.2, -0.15) is 4.98 Å². The molecule has 1 fully saturated rings. The summed E-state index contributed by atoms with van der Waals surface area (Å²) in [5.74, 6) is 2.21. The van der Waals surface area contributed by atoms with Crippen molar-refractivity contribution in [1.29, 1.82) is 0 Å². The number of aryl methyl sites for hydroxylation is 1. The number of piperazine rings is 1. The first-order valence-corrected chi connectivity index (χ1v) is 11.6. The lowest BCUT2D eigenvalue weighted by Gasteiger charge is -2.35. The highest BCUT2D eigenvalue weighted by Gasteiger charge is 2.26. The lowest BCUT2D eigenvalue weighted by atomic mass is 10.1. The van der Waals surface area contributed by atoms with Crippen LogP contribution in [0.5, 0.6) is 5.75 Å². The minimum absolute atomic E-state index is 0.137. The molecule has 1 unspecified atom stereocenters. The van der Waals surface area contributed by atoms with Crippen LogP contribution < -0.4 is 4.74 Å². The maximum atomic E-state index is 12.9. The predicted octanol–water partition coefficient (Wildman–Crippen LogP) is 3.88. The van der Waals surface area contributed by atoms with Crippen LogP contribution in [0.3, 0.4) is 0 Å². The van der Waals surface area contributed by atoms with Gasteiger partial charge >= 0.3 is 0 Å². The molecular weight excluding hydrogens is 424 g/mol. The van der Waals surface area contributed by atoms with Gasteiger partial charge in [0.2, 0.25) is 17.6 Å². The van der Waals surface area contributed by atoms with Gasteiger partial charge in [0.1, 0.15) is 5.75 Å². The largest absolute Gasteiger partial charge is 0.497 e. The number of methoxy groups -OCH3 is 1. The van der Waals surface area contributed by atoms with Gasteiger partial charge in [-0.15, -0.1) is 11.8 Å². The Kier molecular flexibility index (Phi) is 7.12. The van der Waals surface area contributed by atoms with Crippen LogP contribution in [0.1, 0.15) is 18.4 Å². The van der Waals surface area contributed by atoms with Gasteiger partial charge in [-0.3, -0.25) is 9.69 Å². The second-order valence-electron chi connectivity index (χ2n) is 7.86. The molecule has 168 valence electrons. The van der Waals surface area contributed by atoms with Crippen molar-refractivity contribution in [1.82, 2.24) is 19.9 Å². The number of hydrogen-bond donors (Lipinski definition) is 0. The number of carbonyl (C=O) groups is 1. The maximum Gasteiger partial charge on any atom is 0.241 e. The van der Waals surface area contributed by atoms with Crippen molar-refractivity contribution in [3.8, 4) is 17.1 Å². The fraction of sp³-hybridized carbons (Fsp3) is 0.375. The molecule has 2 aromatic carbocycles. The molecule has 1 saturated heterocycles. The van der Waals surface area contributed by atoms with E-state index in [1.165, 1.54) is 0 Å². The Bertz CT molecular complexity index is 1050. The Morgan fingerprint density at radius 1 is 1.12 bits per heavy atom. The molecule has 2 heterocycles. The molecule has 3 aromatic rings. The minimum Gasteiger partial charge on any atom is -0.497 e. The summed E-state index contributed by atoms with van der Waals surface area (Å²) in [6.45, 7) is 7.57. The van der Waals surface area contributed by atoms with E-state index in [0.29, 0.717) is 31.3 Å². The van der Waals surface area contributed by atoms with Crippen molar-refractivity contribution >= 4 is 17.7 Å². The van der Waals surface area contributed by atoms with Gasteiger partial charge in [-0.1, -0.05) is 29.4 Å². The molecule has 4 rings (SSSR count). The molecule has 7 nitrogen and oxygen atoms in total. The Morgan fingerprint density at radius 3 is 2.53 bits per heavy atom. The average molecular weight is 453 g/mol. The van der Waals surface area contributed by atoms with E-state index in [-0.39, 0.29) is 11.2 Å². The van der Waals surface area contributed by atoms with Gasteiger partial charge < -0.3 is 14.2 Å². The zero-order chi connectivity index (χ0) is 22.5. The smallest absolute Gasteiger partial charge is 0.241 e. The van der Waals surface area contributed by atoms with Crippen molar-refractivity contribution in [3.05, 3.63) is 60.0 Å². The SMILES string of the molecule is COc1ccc(SC(C)C(=O)N2CCN(Cc3nc(-c4ccccc4C)no3)CC2)cc1. The fourth-order valence-corrected chi connectivity index (χ4v) is 4.69. The van der Waals surface area contributed by atoms with Gasteiger partial charge in [-0.25, -0.2) is 0 Å². The van der Waals surface area contributed by atoms with Crippen LogP contribution in [-0.2, 0) is 11.3 Å². The van der Waals surface area contributed by atoms with Crippen LogP contribution in [0.4, 0.5) is 0 Å². The van der Waals surface area contributed by atoms with Gasteiger partial charge in [-0.05, 0) is 43.7 Å². The lowest BCUT2D eigenvalue weighted by molar-refractivity contribution is -0.132. The highest BCUT2D eigenvalue weighted by molar-refractivity contribution is 8.00. The van der Waals surface area contributed by atoms with Crippen LogP contribution in [-0.4, -0.2) is 64.4 Å². The van der Waals surface area contributed by atoms with E-state index in [2.05, 4.69) is 15.0 Å². The molecule has 32 heavy (non-hydrogen) atoms. The average Bonchev–Trinajstić information content (AvgIpc) is 3.28. The van der Waals surface area contributed by atoms with Crippen molar-refractivity contribution in [2.75, 3.05) is 33.3 Å². The highest BCUT2D eigenvalue weighted by atomic mass is 32.2. The van der Waals surface area contributed by atoms with Crippen molar-refractivity contribution in [2.45, 2.75) is 30.5 Å². The summed E-state index contributed by atoms with van der Waals surface area (Å²) >= 11 is 1.58. The Morgan fingerprint density at radius 2 is 1.84 bits per heavy atom. The van der Waals surface area contributed by atoms with Crippen molar-refractivity contribution in [2.24, 2.45) is 0 Å². The summed E-state index contributed by atoms with van der Waals surface area (Å²) in [6.07, 6.45) is 0. The van der Waals surface area contributed by atoms with Gasteiger partial charge in [0.15, 0.2) is 0 Å². The fourth-order valence-electron chi connectivity index (χ4n) is 3.74. The molecule has 1 aliphatic rings. The third-order valence-electron chi connectivity index (χ3n) is 5.62. The van der Waals surface area contributed by atoms with Gasteiger partial charge in [0.05, 0.1) is 18.9 Å². The molecule has 0 N–H and O–H groups in total. The van der Waals surface area contributed by atoms with Gasteiger partial charge in [0, 0.05) is 36.6 Å². The van der Waals surface area contributed by atoms with E-state index in [1.54, 1.807) is 18.9 Å². The van der Waals surface area contributed by atoms with Crippen LogP contribution in [0.2, 0.25) is 0 Å². The molecule has 1 aromatic heterocycles. The normalized spacial score (nSPS) is 15.5. The van der Waals surface area contributed by atoms with E-state index < -0.39 is 0 Å². The summed E-state index contributed by atoms with van der Waals surface area (Å²) in [5.41, 5.74) is 2.11. The van der Waals surface area contributed by atoms with E-state index in [1.807, 2.05) is 67.3 Å².